The molecule has 0 spiro atoms. The highest BCUT2D eigenvalue weighted by atomic mass is 16.4. The summed E-state index contributed by atoms with van der Waals surface area (Å²) < 4.78 is 1.73. The topological polar surface area (TPSA) is 84.2 Å². The van der Waals surface area contributed by atoms with Crippen LogP contribution in [0.1, 0.15) is 19.5 Å². The summed E-state index contributed by atoms with van der Waals surface area (Å²) in [4.78, 5) is 22.3. The van der Waals surface area contributed by atoms with E-state index in [1.54, 1.807) is 10.9 Å². The normalized spacial score (nSPS) is 11.9. The van der Waals surface area contributed by atoms with Crippen molar-refractivity contribution in [3.8, 4) is 0 Å². The fourth-order valence-electron chi connectivity index (χ4n) is 1.41. The third kappa shape index (κ3) is 3.44. The quantitative estimate of drug-likeness (QED) is 0.746. The van der Waals surface area contributed by atoms with Gasteiger partial charge in [-0.1, -0.05) is 0 Å². The van der Waals surface area contributed by atoms with Crippen LogP contribution in [0.4, 0.5) is 0 Å². The molecule has 98 valence electrons. The summed E-state index contributed by atoms with van der Waals surface area (Å²) in [5.74, 6) is -1.42. The fourth-order valence-corrected chi connectivity index (χ4v) is 1.41. The molecule has 0 fully saturated rings. The molecule has 1 aromatic rings. The number of aliphatic carboxylic acids is 1. The van der Waals surface area contributed by atoms with E-state index in [-0.39, 0.29) is 17.1 Å². The molecule has 0 aromatic carbocycles. The largest absolute Gasteiger partial charge is 0.478 e. The third-order valence-electron chi connectivity index (χ3n) is 2.81. The maximum absolute atomic E-state index is 11.6. The average molecular weight is 251 g/mol. The van der Waals surface area contributed by atoms with Crippen molar-refractivity contribution in [3.05, 3.63) is 29.1 Å². The lowest BCUT2D eigenvalue weighted by atomic mass is 10.1. The summed E-state index contributed by atoms with van der Waals surface area (Å²) in [6.07, 6.45) is 2.35. The van der Waals surface area contributed by atoms with Gasteiger partial charge in [-0.05, 0) is 19.9 Å². The Balaban J connectivity index is 2.50. The Hall–Kier alpha value is -2.11. The molecule has 18 heavy (non-hydrogen) atoms. The zero-order valence-electron chi connectivity index (χ0n) is 10.7. The number of nitrogens with one attached hydrogen (secondary N) is 1. The minimum Gasteiger partial charge on any atom is -0.478 e. The molecule has 0 saturated heterocycles. The van der Waals surface area contributed by atoms with Gasteiger partial charge in [0.2, 0.25) is 5.91 Å². The van der Waals surface area contributed by atoms with Gasteiger partial charge in [-0.25, -0.2) is 4.79 Å². The molecule has 1 amide bonds. The van der Waals surface area contributed by atoms with Crippen molar-refractivity contribution in [3.63, 3.8) is 0 Å². The Kier molecular flexibility index (Phi) is 4.65. The molecule has 0 radical (unpaired) electrons. The standard InChI is InChI=1S/C12H17N3O3/c1-8(9(2)12(17)18)11(16)13-6-4-10-5-7-14-15(10)3/h5,7H,4,6H2,1-3H3,(H,13,16)(H,17,18). The van der Waals surface area contributed by atoms with Crippen LogP contribution in [0.3, 0.4) is 0 Å². The van der Waals surface area contributed by atoms with Crippen LogP contribution in [0.5, 0.6) is 0 Å². The van der Waals surface area contributed by atoms with Crippen molar-refractivity contribution in [1.82, 2.24) is 15.1 Å². The Labute approximate surface area is 105 Å². The minimum absolute atomic E-state index is 0.0630. The number of amides is 1. The van der Waals surface area contributed by atoms with Gasteiger partial charge < -0.3 is 10.4 Å². The Morgan fingerprint density at radius 2 is 2.06 bits per heavy atom. The van der Waals surface area contributed by atoms with Crippen LogP contribution in [0.15, 0.2) is 23.4 Å². The van der Waals surface area contributed by atoms with Gasteiger partial charge in [0.1, 0.15) is 0 Å². The number of carboxylic acids is 1. The van der Waals surface area contributed by atoms with Gasteiger partial charge in [-0.3, -0.25) is 9.48 Å². The second kappa shape index (κ2) is 6.00. The van der Waals surface area contributed by atoms with Crippen molar-refractivity contribution in [2.24, 2.45) is 7.05 Å². The van der Waals surface area contributed by atoms with E-state index in [4.69, 9.17) is 5.11 Å². The first-order valence-electron chi connectivity index (χ1n) is 5.59. The molecule has 0 atom stereocenters. The Morgan fingerprint density at radius 3 is 2.56 bits per heavy atom. The minimum atomic E-state index is -1.07. The summed E-state index contributed by atoms with van der Waals surface area (Å²) in [6.45, 7) is 3.36. The molecule has 0 aliphatic rings. The molecule has 0 aliphatic carbocycles. The summed E-state index contributed by atoms with van der Waals surface area (Å²) >= 11 is 0. The van der Waals surface area contributed by atoms with E-state index in [1.807, 2.05) is 13.1 Å². The van der Waals surface area contributed by atoms with Gasteiger partial charge in [0.05, 0.1) is 0 Å². The maximum Gasteiger partial charge on any atom is 0.331 e. The van der Waals surface area contributed by atoms with Crippen molar-refractivity contribution in [2.75, 3.05) is 6.54 Å². The van der Waals surface area contributed by atoms with Crippen molar-refractivity contribution < 1.29 is 14.7 Å². The van der Waals surface area contributed by atoms with Crippen molar-refractivity contribution in [2.45, 2.75) is 20.3 Å². The fraction of sp³-hybridized carbons (Fsp3) is 0.417. The SMILES string of the molecule is CC(C(=O)O)=C(C)C(=O)NCCc1ccnn1C. The zero-order valence-corrected chi connectivity index (χ0v) is 10.7. The van der Waals surface area contributed by atoms with Gasteiger partial charge >= 0.3 is 5.97 Å². The third-order valence-corrected chi connectivity index (χ3v) is 2.81. The van der Waals surface area contributed by atoms with E-state index in [1.165, 1.54) is 13.8 Å². The van der Waals surface area contributed by atoms with Crippen LogP contribution in [-0.2, 0) is 23.1 Å². The Morgan fingerprint density at radius 1 is 1.39 bits per heavy atom. The van der Waals surface area contributed by atoms with Gasteiger partial charge in [0.15, 0.2) is 0 Å². The summed E-state index contributed by atoms with van der Waals surface area (Å²) in [5.41, 5.74) is 1.30. The number of hydrogen-bond donors (Lipinski definition) is 2. The van der Waals surface area contributed by atoms with E-state index in [0.29, 0.717) is 13.0 Å². The molecule has 0 aliphatic heterocycles. The number of aryl methyl sites for hydroxylation is 1. The predicted molar refractivity (Wildman–Crippen MR) is 65.9 cm³/mol. The molecule has 1 heterocycles. The second-order valence-corrected chi connectivity index (χ2v) is 4.01. The summed E-state index contributed by atoms with van der Waals surface area (Å²) in [7, 11) is 1.83. The number of hydrogen-bond acceptors (Lipinski definition) is 3. The number of carboxylic acid groups (broad SMARTS) is 1. The number of carbonyl (C=O) groups excluding carboxylic acids is 1. The first-order valence-corrected chi connectivity index (χ1v) is 5.59. The number of aromatic nitrogens is 2. The van der Waals surface area contributed by atoms with Crippen LogP contribution in [0, 0.1) is 0 Å². The molecule has 0 saturated carbocycles. The lowest BCUT2D eigenvalue weighted by Crippen LogP contribution is -2.28. The van der Waals surface area contributed by atoms with Gasteiger partial charge in [-0.2, -0.15) is 5.10 Å². The monoisotopic (exact) mass is 251 g/mol. The number of rotatable bonds is 5. The van der Waals surface area contributed by atoms with Gasteiger partial charge in [-0.15, -0.1) is 0 Å². The highest BCUT2D eigenvalue weighted by molar-refractivity contribution is 6.01. The molecule has 2 N–H and O–H groups in total. The average Bonchev–Trinajstić information content (AvgIpc) is 2.73. The molecule has 0 unspecified atom stereocenters. The van der Waals surface area contributed by atoms with E-state index in [0.717, 1.165) is 5.69 Å². The number of nitrogens with zero attached hydrogens (tertiary/aromatic N) is 2. The van der Waals surface area contributed by atoms with E-state index in [2.05, 4.69) is 10.4 Å². The first-order chi connectivity index (χ1) is 8.43. The highest BCUT2D eigenvalue weighted by Gasteiger charge is 2.12. The predicted octanol–water partition coefficient (Wildman–Crippen LogP) is 0.500. The molecule has 6 nitrogen and oxygen atoms in total. The van der Waals surface area contributed by atoms with Crippen LogP contribution in [-0.4, -0.2) is 33.3 Å². The number of carbonyl (C=O) groups is 2. The maximum atomic E-state index is 11.6. The van der Waals surface area contributed by atoms with E-state index >= 15 is 0 Å². The van der Waals surface area contributed by atoms with Gasteiger partial charge in [0.25, 0.3) is 0 Å². The van der Waals surface area contributed by atoms with Crippen LogP contribution < -0.4 is 5.32 Å². The van der Waals surface area contributed by atoms with Crippen molar-refractivity contribution >= 4 is 11.9 Å². The molecule has 0 bridgehead atoms. The van der Waals surface area contributed by atoms with Crippen LogP contribution >= 0.6 is 0 Å². The lowest BCUT2D eigenvalue weighted by molar-refractivity contribution is -0.133. The van der Waals surface area contributed by atoms with E-state index < -0.39 is 5.97 Å². The molecule has 1 aromatic heterocycles. The molecular formula is C12H17N3O3. The van der Waals surface area contributed by atoms with Crippen LogP contribution in [0.25, 0.3) is 0 Å². The summed E-state index contributed by atoms with van der Waals surface area (Å²) in [5, 5.41) is 15.5. The molecular weight excluding hydrogens is 234 g/mol. The lowest BCUT2D eigenvalue weighted by Gasteiger charge is -2.07. The smallest absolute Gasteiger partial charge is 0.331 e. The molecule has 6 heteroatoms. The second-order valence-electron chi connectivity index (χ2n) is 4.01. The van der Waals surface area contributed by atoms with E-state index in [9.17, 15) is 9.59 Å². The van der Waals surface area contributed by atoms with Crippen LogP contribution in [0.2, 0.25) is 0 Å². The highest BCUT2D eigenvalue weighted by Crippen LogP contribution is 2.03. The first kappa shape index (κ1) is 14.0. The van der Waals surface area contributed by atoms with Crippen molar-refractivity contribution in [1.29, 1.82) is 0 Å². The zero-order chi connectivity index (χ0) is 13.7. The Bertz CT molecular complexity index is 489. The molecule has 1 rings (SSSR count). The van der Waals surface area contributed by atoms with Gasteiger partial charge in [0, 0.05) is 43.1 Å². The summed E-state index contributed by atoms with van der Waals surface area (Å²) in [6, 6.07) is 1.87.